The predicted molar refractivity (Wildman–Crippen MR) is 110 cm³/mol. The molecule has 1 heteroatoms. The van der Waals surface area contributed by atoms with Crippen molar-refractivity contribution < 1.29 is 4.74 Å². The van der Waals surface area contributed by atoms with Gasteiger partial charge in [-0.1, -0.05) is 55.7 Å². The summed E-state index contributed by atoms with van der Waals surface area (Å²) in [6.07, 6.45) is 27.5. The zero-order valence-electron chi connectivity index (χ0n) is 16.1. The van der Waals surface area contributed by atoms with E-state index in [1.807, 2.05) is 6.08 Å². The summed E-state index contributed by atoms with van der Waals surface area (Å²) >= 11 is 0. The molecule has 0 heterocycles. The van der Waals surface area contributed by atoms with Crippen LogP contribution < -0.4 is 0 Å². The van der Waals surface area contributed by atoms with Crippen molar-refractivity contribution in [2.45, 2.75) is 70.6 Å². The molecule has 0 amide bonds. The molecular formula is C24H38O. The van der Waals surface area contributed by atoms with Crippen molar-refractivity contribution >= 4 is 0 Å². The molecule has 140 valence electrons. The van der Waals surface area contributed by atoms with Crippen LogP contribution in [-0.4, -0.2) is 13.2 Å². The first kappa shape index (κ1) is 20.2. The minimum absolute atomic E-state index is 0.240. The Labute approximate surface area is 155 Å². The van der Waals surface area contributed by atoms with Gasteiger partial charge in [0.2, 0.25) is 0 Å². The number of unbranched alkanes of at least 4 members (excludes halogenated alkanes) is 2. The van der Waals surface area contributed by atoms with Crippen molar-refractivity contribution in [1.29, 1.82) is 0 Å². The van der Waals surface area contributed by atoms with Crippen LogP contribution in [0, 0.1) is 17.3 Å². The van der Waals surface area contributed by atoms with E-state index in [1.54, 1.807) is 0 Å². The molecule has 25 heavy (non-hydrogen) atoms. The molecule has 1 saturated carbocycles. The third-order valence-corrected chi connectivity index (χ3v) is 6.07. The van der Waals surface area contributed by atoms with Crippen molar-refractivity contribution in [3.8, 4) is 0 Å². The maximum atomic E-state index is 6.01. The SMILES string of the molecule is C=CCCCOCC1(CCCCC2CCC(C=C)CC2)C=CC=CC1. The van der Waals surface area contributed by atoms with Crippen LogP contribution in [0.4, 0.5) is 0 Å². The third-order valence-electron chi connectivity index (χ3n) is 6.07. The highest BCUT2D eigenvalue weighted by Gasteiger charge is 2.27. The van der Waals surface area contributed by atoms with Crippen molar-refractivity contribution in [1.82, 2.24) is 0 Å². The number of hydrogen-bond acceptors (Lipinski definition) is 1. The van der Waals surface area contributed by atoms with E-state index in [4.69, 9.17) is 4.74 Å². The van der Waals surface area contributed by atoms with Gasteiger partial charge in [0, 0.05) is 12.0 Å². The average molecular weight is 343 g/mol. The quantitative estimate of drug-likeness (QED) is 0.273. The molecule has 0 N–H and O–H groups in total. The van der Waals surface area contributed by atoms with Crippen LogP contribution in [0.3, 0.4) is 0 Å². The van der Waals surface area contributed by atoms with Crippen LogP contribution in [0.5, 0.6) is 0 Å². The van der Waals surface area contributed by atoms with E-state index in [-0.39, 0.29) is 5.41 Å². The van der Waals surface area contributed by atoms with Crippen LogP contribution in [0.2, 0.25) is 0 Å². The molecule has 0 aromatic carbocycles. The molecular weight excluding hydrogens is 304 g/mol. The predicted octanol–water partition coefficient (Wildman–Crippen LogP) is 7.02. The average Bonchev–Trinajstić information content (AvgIpc) is 2.66. The maximum Gasteiger partial charge on any atom is 0.0560 e. The molecule has 0 aliphatic heterocycles. The summed E-state index contributed by atoms with van der Waals surface area (Å²) in [7, 11) is 0. The molecule has 0 radical (unpaired) electrons. The number of hydrogen-bond donors (Lipinski definition) is 0. The van der Waals surface area contributed by atoms with Crippen molar-refractivity contribution in [3.05, 3.63) is 49.6 Å². The lowest BCUT2D eigenvalue weighted by molar-refractivity contribution is 0.0612. The highest BCUT2D eigenvalue weighted by molar-refractivity contribution is 5.16. The molecule has 1 atom stereocenters. The third kappa shape index (κ3) is 7.36. The first-order chi connectivity index (χ1) is 12.3. The van der Waals surface area contributed by atoms with Crippen LogP contribution in [0.1, 0.15) is 70.6 Å². The molecule has 0 spiro atoms. The van der Waals surface area contributed by atoms with Gasteiger partial charge < -0.3 is 4.74 Å². The molecule has 2 aliphatic rings. The minimum atomic E-state index is 0.240. The first-order valence-electron chi connectivity index (χ1n) is 10.4. The Bertz CT molecular complexity index is 439. The Balaban J connectivity index is 1.66. The summed E-state index contributed by atoms with van der Waals surface area (Å²) < 4.78 is 6.01. The standard InChI is InChI=1S/C24H38O/c1-3-5-11-20-25-21-24(17-8-6-9-18-24)19-10-7-12-23-15-13-22(4-2)14-16-23/h3-4,6,8-9,17,22-23H,1-2,5,7,10-16,18-21H2. The molecule has 1 unspecified atom stereocenters. The summed E-state index contributed by atoms with van der Waals surface area (Å²) in [5.41, 5.74) is 0.240. The lowest BCUT2D eigenvalue weighted by atomic mass is 9.76. The largest absolute Gasteiger partial charge is 0.381 e. The second kappa shape index (κ2) is 11.5. The molecule has 1 fully saturated rings. The number of allylic oxidation sites excluding steroid dienone is 5. The van der Waals surface area contributed by atoms with Gasteiger partial charge in [0.15, 0.2) is 0 Å². The zero-order chi connectivity index (χ0) is 17.8. The summed E-state index contributed by atoms with van der Waals surface area (Å²) in [6.45, 7) is 9.46. The van der Waals surface area contributed by atoms with E-state index in [2.05, 4.69) is 43.5 Å². The lowest BCUT2D eigenvalue weighted by Gasteiger charge is -2.32. The van der Waals surface area contributed by atoms with Gasteiger partial charge in [0.05, 0.1) is 6.61 Å². The first-order valence-corrected chi connectivity index (χ1v) is 10.4. The Morgan fingerprint density at radius 2 is 1.88 bits per heavy atom. The Kier molecular flexibility index (Phi) is 9.32. The summed E-state index contributed by atoms with van der Waals surface area (Å²) in [5.74, 6) is 1.75. The molecule has 1 nitrogen and oxygen atoms in total. The van der Waals surface area contributed by atoms with Crippen LogP contribution in [-0.2, 0) is 4.74 Å². The lowest BCUT2D eigenvalue weighted by Crippen LogP contribution is -2.26. The van der Waals surface area contributed by atoms with Gasteiger partial charge in [0.1, 0.15) is 0 Å². The monoisotopic (exact) mass is 342 g/mol. The van der Waals surface area contributed by atoms with Gasteiger partial charge >= 0.3 is 0 Å². The van der Waals surface area contributed by atoms with E-state index in [1.165, 1.54) is 51.4 Å². The highest BCUT2D eigenvalue weighted by atomic mass is 16.5. The molecule has 2 rings (SSSR count). The van der Waals surface area contributed by atoms with Gasteiger partial charge in [-0.25, -0.2) is 0 Å². The van der Waals surface area contributed by atoms with E-state index in [0.717, 1.165) is 44.3 Å². The fraction of sp³-hybridized carbons (Fsp3) is 0.667. The summed E-state index contributed by atoms with van der Waals surface area (Å²) in [5, 5.41) is 0. The fourth-order valence-corrected chi connectivity index (χ4v) is 4.30. The molecule has 0 saturated heterocycles. The normalized spacial score (nSPS) is 28.8. The van der Waals surface area contributed by atoms with Gasteiger partial charge in [-0.05, 0) is 63.2 Å². The summed E-state index contributed by atoms with van der Waals surface area (Å²) in [6, 6.07) is 0. The van der Waals surface area contributed by atoms with Gasteiger partial charge in [-0.15, -0.1) is 13.2 Å². The highest BCUT2D eigenvalue weighted by Crippen LogP contribution is 2.36. The Hall–Kier alpha value is -1.08. The molecule has 0 aromatic rings. The van der Waals surface area contributed by atoms with Crippen LogP contribution >= 0.6 is 0 Å². The van der Waals surface area contributed by atoms with E-state index >= 15 is 0 Å². The van der Waals surface area contributed by atoms with Crippen molar-refractivity contribution in [2.24, 2.45) is 17.3 Å². The van der Waals surface area contributed by atoms with Gasteiger partial charge in [-0.2, -0.15) is 0 Å². The zero-order valence-corrected chi connectivity index (χ0v) is 16.1. The van der Waals surface area contributed by atoms with E-state index < -0.39 is 0 Å². The van der Waals surface area contributed by atoms with Gasteiger partial charge in [-0.3, -0.25) is 0 Å². The van der Waals surface area contributed by atoms with Gasteiger partial charge in [0.25, 0.3) is 0 Å². The van der Waals surface area contributed by atoms with Crippen LogP contribution in [0.15, 0.2) is 49.6 Å². The second-order valence-corrected chi connectivity index (χ2v) is 8.10. The molecule has 0 aromatic heterocycles. The maximum absolute atomic E-state index is 6.01. The second-order valence-electron chi connectivity index (χ2n) is 8.10. The molecule has 0 bridgehead atoms. The topological polar surface area (TPSA) is 9.23 Å². The molecule has 2 aliphatic carbocycles. The fourth-order valence-electron chi connectivity index (χ4n) is 4.30. The summed E-state index contributed by atoms with van der Waals surface area (Å²) in [4.78, 5) is 0. The van der Waals surface area contributed by atoms with E-state index in [9.17, 15) is 0 Å². The minimum Gasteiger partial charge on any atom is -0.381 e. The number of ether oxygens (including phenoxy) is 1. The van der Waals surface area contributed by atoms with E-state index in [0.29, 0.717) is 0 Å². The smallest absolute Gasteiger partial charge is 0.0560 e. The Morgan fingerprint density at radius 1 is 1.04 bits per heavy atom. The Morgan fingerprint density at radius 3 is 2.56 bits per heavy atom. The van der Waals surface area contributed by atoms with Crippen LogP contribution in [0.25, 0.3) is 0 Å². The van der Waals surface area contributed by atoms with Crippen molar-refractivity contribution in [2.75, 3.05) is 13.2 Å². The van der Waals surface area contributed by atoms with Crippen molar-refractivity contribution in [3.63, 3.8) is 0 Å². The number of rotatable bonds is 12.